The van der Waals surface area contributed by atoms with Crippen LogP contribution in [0.4, 0.5) is 0 Å². The molecule has 4 nitrogen and oxygen atoms in total. The fraction of sp³-hybridized carbons (Fsp3) is 0.923. The zero-order valence-electron chi connectivity index (χ0n) is 12.7. The molecule has 1 aliphatic heterocycles. The minimum Gasteiger partial charge on any atom is -0.344 e. The van der Waals surface area contributed by atoms with Crippen LogP contribution >= 0.6 is 0 Å². The van der Waals surface area contributed by atoms with Crippen molar-refractivity contribution in [2.45, 2.75) is 39.5 Å². The molecule has 2 atom stereocenters. The van der Waals surface area contributed by atoms with E-state index < -0.39 is 0 Å². The van der Waals surface area contributed by atoms with Gasteiger partial charge < -0.3 is 4.90 Å². The van der Waals surface area contributed by atoms with Gasteiger partial charge in [0.15, 0.2) is 0 Å². The van der Waals surface area contributed by atoms with E-state index in [1.807, 2.05) is 0 Å². The van der Waals surface area contributed by atoms with E-state index in [9.17, 15) is 0 Å². The van der Waals surface area contributed by atoms with Gasteiger partial charge in [-0.05, 0) is 33.6 Å². The zero-order valence-corrected chi connectivity index (χ0v) is 12.7. The van der Waals surface area contributed by atoms with Gasteiger partial charge in [0.05, 0.1) is 0 Å². The standard InChI is InChI=1S/C13H28N4/c1-13(2,3)9-10-14-11(15(4)5)12(16(6)7)17(10)8/h11-12H,9H2,1-8H3/t11-,12+/m0/s1. The Balaban J connectivity index is 2.90. The average molecular weight is 240 g/mol. The summed E-state index contributed by atoms with van der Waals surface area (Å²) >= 11 is 0. The minimum absolute atomic E-state index is 0.229. The number of nitrogens with zero attached hydrogens (tertiary/aromatic N) is 4. The number of amidine groups is 1. The summed E-state index contributed by atoms with van der Waals surface area (Å²) in [6.07, 6.45) is 1.59. The molecule has 100 valence electrons. The van der Waals surface area contributed by atoms with E-state index in [2.05, 4.69) is 70.7 Å². The molecule has 0 aromatic heterocycles. The van der Waals surface area contributed by atoms with E-state index >= 15 is 0 Å². The lowest BCUT2D eigenvalue weighted by atomic mass is 9.91. The lowest BCUT2D eigenvalue weighted by Crippen LogP contribution is -2.51. The van der Waals surface area contributed by atoms with Crippen LogP contribution in [-0.4, -0.2) is 68.1 Å². The molecule has 0 aromatic carbocycles. The van der Waals surface area contributed by atoms with Crippen LogP contribution in [0.2, 0.25) is 0 Å². The molecule has 0 N–H and O–H groups in total. The van der Waals surface area contributed by atoms with E-state index in [1.54, 1.807) is 0 Å². The summed E-state index contributed by atoms with van der Waals surface area (Å²) in [5.74, 6) is 1.22. The minimum atomic E-state index is 0.229. The van der Waals surface area contributed by atoms with Gasteiger partial charge >= 0.3 is 0 Å². The third-order valence-electron chi connectivity index (χ3n) is 3.10. The Morgan fingerprint density at radius 2 is 1.65 bits per heavy atom. The van der Waals surface area contributed by atoms with Crippen LogP contribution in [-0.2, 0) is 0 Å². The van der Waals surface area contributed by atoms with E-state index in [-0.39, 0.29) is 11.6 Å². The van der Waals surface area contributed by atoms with E-state index in [0.29, 0.717) is 6.17 Å². The lowest BCUT2D eigenvalue weighted by molar-refractivity contribution is 0.0943. The molecule has 0 amide bonds. The van der Waals surface area contributed by atoms with Gasteiger partial charge in [-0.2, -0.15) is 0 Å². The molecular formula is C13H28N4. The second kappa shape index (κ2) is 4.94. The Morgan fingerprint density at radius 3 is 1.94 bits per heavy atom. The molecule has 0 aliphatic carbocycles. The number of aliphatic imine (C=N–C) groups is 1. The molecule has 0 spiro atoms. The molecule has 0 fully saturated rings. The zero-order chi connectivity index (χ0) is 13.4. The molecular weight excluding hydrogens is 212 g/mol. The predicted octanol–water partition coefficient (Wildman–Crippen LogP) is 1.54. The summed E-state index contributed by atoms with van der Waals surface area (Å²) in [7, 11) is 10.6. The van der Waals surface area contributed by atoms with Crippen molar-refractivity contribution in [3.05, 3.63) is 0 Å². The lowest BCUT2D eigenvalue weighted by Gasteiger charge is -2.35. The van der Waals surface area contributed by atoms with Crippen molar-refractivity contribution in [2.24, 2.45) is 10.4 Å². The van der Waals surface area contributed by atoms with Crippen LogP contribution in [0.3, 0.4) is 0 Å². The monoisotopic (exact) mass is 240 g/mol. The molecule has 0 saturated carbocycles. The first-order chi connectivity index (χ1) is 7.63. The summed E-state index contributed by atoms with van der Waals surface area (Å²) in [4.78, 5) is 11.6. The van der Waals surface area contributed by atoms with Gasteiger partial charge in [-0.1, -0.05) is 20.8 Å². The van der Waals surface area contributed by atoms with Crippen LogP contribution in [0, 0.1) is 5.41 Å². The van der Waals surface area contributed by atoms with Crippen molar-refractivity contribution in [3.63, 3.8) is 0 Å². The Labute approximate surface area is 106 Å². The molecule has 1 heterocycles. The maximum absolute atomic E-state index is 4.88. The first-order valence-electron chi connectivity index (χ1n) is 6.26. The summed E-state index contributed by atoms with van der Waals surface area (Å²) in [5, 5.41) is 0. The summed E-state index contributed by atoms with van der Waals surface area (Å²) in [6, 6.07) is 0. The third kappa shape index (κ3) is 3.42. The molecule has 1 aliphatic rings. The maximum Gasteiger partial charge on any atom is 0.138 e. The van der Waals surface area contributed by atoms with E-state index in [0.717, 1.165) is 6.42 Å². The first-order valence-corrected chi connectivity index (χ1v) is 6.26. The fourth-order valence-electron chi connectivity index (χ4n) is 2.30. The van der Waals surface area contributed by atoms with Crippen LogP contribution in [0.5, 0.6) is 0 Å². The van der Waals surface area contributed by atoms with Gasteiger partial charge in [-0.3, -0.25) is 9.80 Å². The summed E-state index contributed by atoms with van der Waals surface area (Å²) in [6.45, 7) is 6.78. The summed E-state index contributed by atoms with van der Waals surface area (Å²) in [5.41, 5.74) is 0.283. The molecule has 1 rings (SSSR count). The normalized spacial score (nSPS) is 26.0. The van der Waals surface area contributed by atoms with Gasteiger partial charge in [0.2, 0.25) is 0 Å². The van der Waals surface area contributed by atoms with Crippen molar-refractivity contribution in [1.29, 1.82) is 0 Å². The number of likely N-dealkylation sites (N-methyl/N-ethyl adjacent to an activating group) is 3. The highest BCUT2D eigenvalue weighted by molar-refractivity contribution is 5.84. The second-order valence-corrected chi connectivity index (χ2v) is 6.65. The highest BCUT2D eigenvalue weighted by Gasteiger charge is 2.37. The topological polar surface area (TPSA) is 22.1 Å². The van der Waals surface area contributed by atoms with Crippen LogP contribution in [0.15, 0.2) is 4.99 Å². The Hall–Kier alpha value is -0.610. The predicted molar refractivity (Wildman–Crippen MR) is 74.2 cm³/mol. The van der Waals surface area contributed by atoms with Gasteiger partial charge in [-0.25, -0.2) is 4.99 Å². The van der Waals surface area contributed by atoms with Crippen molar-refractivity contribution in [2.75, 3.05) is 35.2 Å². The van der Waals surface area contributed by atoms with E-state index in [1.165, 1.54) is 5.84 Å². The Bertz CT molecular complexity index is 288. The number of rotatable bonds is 3. The average Bonchev–Trinajstić information content (AvgIpc) is 2.41. The smallest absolute Gasteiger partial charge is 0.138 e. The molecule has 0 saturated heterocycles. The molecule has 0 bridgehead atoms. The van der Waals surface area contributed by atoms with Crippen molar-refractivity contribution < 1.29 is 0 Å². The van der Waals surface area contributed by atoms with Gasteiger partial charge in [0.1, 0.15) is 18.2 Å². The van der Waals surface area contributed by atoms with Crippen molar-refractivity contribution in [1.82, 2.24) is 14.7 Å². The second-order valence-electron chi connectivity index (χ2n) is 6.65. The fourth-order valence-corrected chi connectivity index (χ4v) is 2.30. The maximum atomic E-state index is 4.88. The van der Waals surface area contributed by atoms with Crippen LogP contribution < -0.4 is 0 Å². The van der Waals surface area contributed by atoms with Crippen molar-refractivity contribution >= 4 is 5.84 Å². The SMILES string of the molecule is CN(C)[C@@H]1N=C(CC(C)(C)C)N(C)[C@H]1N(C)C. The number of hydrogen-bond acceptors (Lipinski definition) is 4. The highest BCUT2D eigenvalue weighted by atomic mass is 15.5. The Morgan fingerprint density at radius 1 is 1.12 bits per heavy atom. The quantitative estimate of drug-likeness (QED) is 0.747. The van der Waals surface area contributed by atoms with E-state index in [4.69, 9.17) is 4.99 Å². The Kier molecular flexibility index (Phi) is 4.20. The molecule has 0 unspecified atom stereocenters. The third-order valence-corrected chi connectivity index (χ3v) is 3.10. The number of hydrogen-bond donors (Lipinski definition) is 0. The molecule has 17 heavy (non-hydrogen) atoms. The highest BCUT2D eigenvalue weighted by Crippen LogP contribution is 2.27. The first kappa shape index (κ1) is 14.5. The molecule has 4 heteroatoms. The molecule has 0 aromatic rings. The van der Waals surface area contributed by atoms with Gasteiger partial charge in [0.25, 0.3) is 0 Å². The molecule has 0 radical (unpaired) electrons. The largest absolute Gasteiger partial charge is 0.344 e. The van der Waals surface area contributed by atoms with Crippen LogP contribution in [0.25, 0.3) is 0 Å². The summed E-state index contributed by atoms with van der Waals surface area (Å²) < 4.78 is 0. The van der Waals surface area contributed by atoms with Crippen LogP contribution in [0.1, 0.15) is 27.2 Å². The van der Waals surface area contributed by atoms with Gasteiger partial charge in [-0.15, -0.1) is 0 Å². The van der Waals surface area contributed by atoms with Crippen molar-refractivity contribution in [3.8, 4) is 0 Å². The van der Waals surface area contributed by atoms with Gasteiger partial charge in [0, 0.05) is 13.5 Å².